The topological polar surface area (TPSA) is 78.9 Å². The molecule has 0 N–H and O–H groups in total. The SMILES string of the molecule is C=C(C)C(=O)Oc1ccc(S(OS(=O)(=O)OC)(c2ccccc2)c2ccccc2)cc1. The van der Waals surface area contributed by atoms with E-state index in [9.17, 15) is 13.2 Å². The van der Waals surface area contributed by atoms with Gasteiger partial charge in [0.1, 0.15) is 5.75 Å². The zero-order valence-electron chi connectivity index (χ0n) is 17.1. The summed E-state index contributed by atoms with van der Waals surface area (Å²) >= 11 is 0. The third kappa shape index (κ3) is 5.05. The molecule has 0 aromatic heterocycles. The molecule has 0 spiro atoms. The van der Waals surface area contributed by atoms with Crippen LogP contribution in [0.25, 0.3) is 0 Å². The van der Waals surface area contributed by atoms with E-state index in [2.05, 4.69) is 10.8 Å². The first-order valence-electron chi connectivity index (χ1n) is 9.21. The molecular weight excluding hydrogens is 436 g/mol. The van der Waals surface area contributed by atoms with Crippen LogP contribution in [0, 0.1) is 0 Å². The Kier molecular flexibility index (Phi) is 6.97. The average molecular weight is 459 g/mol. The van der Waals surface area contributed by atoms with Gasteiger partial charge in [-0.15, -0.1) is 0 Å². The maximum atomic E-state index is 12.5. The Hall–Kier alpha value is -2.91. The van der Waals surface area contributed by atoms with Gasteiger partial charge in [0.25, 0.3) is 0 Å². The Balaban J connectivity index is 2.22. The molecule has 0 aliphatic rings. The third-order valence-corrected chi connectivity index (χ3v) is 8.95. The summed E-state index contributed by atoms with van der Waals surface area (Å²) in [5.74, 6) is -0.239. The molecule has 0 aliphatic heterocycles. The first-order chi connectivity index (χ1) is 14.8. The van der Waals surface area contributed by atoms with Crippen LogP contribution in [0.3, 0.4) is 0 Å². The van der Waals surface area contributed by atoms with Crippen molar-refractivity contribution in [3.8, 4) is 5.75 Å². The number of hydrogen-bond acceptors (Lipinski definition) is 6. The van der Waals surface area contributed by atoms with Crippen LogP contribution < -0.4 is 4.74 Å². The smallest absolute Gasteiger partial charge is 0.409 e. The number of hydrogen-bond donors (Lipinski definition) is 0. The lowest BCUT2D eigenvalue weighted by atomic mass is 10.3. The van der Waals surface area contributed by atoms with E-state index < -0.39 is 26.7 Å². The fourth-order valence-electron chi connectivity index (χ4n) is 2.80. The van der Waals surface area contributed by atoms with Crippen molar-refractivity contribution in [3.05, 3.63) is 97.1 Å². The van der Waals surface area contributed by atoms with E-state index in [1.54, 1.807) is 31.2 Å². The van der Waals surface area contributed by atoms with Gasteiger partial charge in [-0.05, 0) is 65.8 Å². The number of ether oxygens (including phenoxy) is 1. The second kappa shape index (κ2) is 9.49. The molecule has 3 aromatic carbocycles. The number of carbonyl (C=O) groups excluding carboxylic acids is 1. The predicted octanol–water partition coefficient (Wildman–Crippen LogP) is 5.27. The lowest BCUT2D eigenvalue weighted by Gasteiger charge is -2.38. The highest BCUT2D eigenvalue weighted by molar-refractivity contribution is 8.32. The molecule has 0 radical (unpaired) electrons. The lowest BCUT2D eigenvalue weighted by Crippen LogP contribution is -2.15. The summed E-state index contributed by atoms with van der Waals surface area (Å²) in [4.78, 5) is 13.7. The van der Waals surface area contributed by atoms with E-state index >= 15 is 0 Å². The highest BCUT2D eigenvalue weighted by Gasteiger charge is 2.37. The zero-order chi connectivity index (χ0) is 22.5. The molecule has 0 saturated carbocycles. The Labute approximate surface area is 183 Å². The van der Waals surface area contributed by atoms with E-state index in [1.807, 2.05) is 60.7 Å². The molecule has 0 unspecified atom stereocenters. The van der Waals surface area contributed by atoms with Crippen LogP contribution in [0.5, 0.6) is 5.75 Å². The fourth-order valence-corrected chi connectivity index (χ4v) is 7.38. The van der Waals surface area contributed by atoms with Crippen LogP contribution >= 0.6 is 10.3 Å². The summed E-state index contributed by atoms with van der Waals surface area (Å²) in [6.45, 7) is 5.12. The van der Waals surface area contributed by atoms with Crippen molar-refractivity contribution in [1.29, 1.82) is 0 Å². The van der Waals surface area contributed by atoms with E-state index in [0.717, 1.165) is 7.11 Å². The molecule has 0 saturated heterocycles. The molecule has 0 fully saturated rings. The Morgan fingerprint density at radius 1 is 0.774 bits per heavy atom. The van der Waals surface area contributed by atoms with Crippen LogP contribution in [-0.4, -0.2) is 21.5 Å². The molecular formula is C23H22O6S2. The molecule has 0 aliphatic carbocycles. The number of carbonyl (C=O) groups is 1. The Morgan fingerprint density at radius 2 is 1.23 bits per heavy atom. The van der Waals surface area contributed by atoms with Gasteiger partial charge in [-0.2, -0.15) is 12.0 Å². The summed E-state index contributed by atoms with van der Waals surface area (Å²) in [6.07, 6.45) is 0. The van der Waals surface area contributed by atoms with Gasteiger partial charge in [0.15, 0.2) is 0 Å². The van der Waals surface area contributed by atoms with Crippen LogP contribution in [-0.2, 0) is 23.0 Å². The summed E-state index contributed by atoms with van der Waals surface area (Å²) in [6, 6.07) is 24.7. The number of rotatable bonds is 8. The Bertz CT molecular complexity index is 1120. The van der Waals surface area contributed by atoms with Crippen LogP contribution in [0.1, 0.15) is 6.92 Å². The molecule has 6 nitrogen and oxygen atoms in total. The molecule has 3 rings (SSSR count). The summed E-state index contributed by atoms with van der Waals surface area (Å²) in [7, 11) is -6.01. The van der Waals surface area contributed by atoms with Crippen molar-refractivity contribution in [2.75, 3.05) is 7.11 Å². The highest BCUT2D eigenvalue weighted by Crippen LogP contribution is 2.70. The highest BCUT2D eigenvalue weighted by atomic mass is 32.3. The largest absolute Gasteiger partial charge is 0.423 e. The molecule has 0 atom stereocenters. The standard InChI is InChI=1S/C23H22O6S2/c1-18(2)23(24)28-19-14-16-22(17-15-19)30(29-31(25,26)27-3,20-10-6-4-7-11-20)21-12-8-5-9-13-21/h4-17H,1H2,2-3H3. The minimum Gasteiger partial charge on any atom is -0.423 e. The van der Waals surface area contributed by atoms with Crippen LogP contribution in [0.2, 0.25) is 0 Å². The predicted molar refractivity (Wildman–Crippen MR) is 119 cm³/mol. The molecule has 0 heterocycles. The molecule has 0 amide bonds. The van der Waals surface area contributed by atoms with Crippen molar-refractivity contribution in [2.24, 2.45) is 0 Å². The average Bonchev–Trinajstić information content (AvgIpc) is 2.79. The second-order valence-electron chi connectivity index (χ2n) is 6.47. The first kappa shape index (κ1) is 22.8. The molecule has 162 valence electrons. The van der Waals surface area contributed by atoms with Crippen LogP contribution in [0.4, 0.5) is 0 Å². The summed E-state index contributed by atoms with van der Waals surface area (Å²) in [5.41, 5.74) is 0.271. The Morgan fingerprint density at radius 3 is 1.65 bits per heavy atom. The third-order valence-electron chi connectivity index (χ3n) is 4.25. The maximum Gasteiger partial charge on any atom is 0.409 e. The van der Waals surface area contributed by atoms with Crippen molar-refractivity contribution >= 4 is 26.7 Å². The monoisotopic (exact) mass is 458 g/mol. The van der Waals surface area contributed by atoms with Crippen molar-refractivity contribution in [3.63, 3.8) is 0 Å². The van der Waals surface area contributed by atoms with Gasteiger partial charge in [-0.25, -0.2) is 4.79 Å². The van der Waals surface area contributed by atoms with E-state index in [-0.39, 0.29) is 5.57 Å². The molecule has 3 aromatic rings. The first-order valence-corrected chi connectivity index (χ1v) is 12.1. The maximum absolute atomic E-state index is 12.5. The minimum absolute atomic E-state index is 0.271. The van der Waals surface area contributed by atoms with Gasteiger partial charge >= 0.3 is 16.4 Å². The van der Waals surface area contributed by atoms with Gasteiger partial charge in [0.2, 0.25) is 0 Å². The van der Waals surface area contributed by atoms with Gasteiger partial charge in [-0.1, -0.05) is 43.0 Å². The number of esters is 1. The van der Waals surface area contributed by atoms with Gasteiger partial charge < -0.3 is 4.74 Å². The normalized spacial score (nSPS) is 12.2. The van der Waals surface area contributed by atoms with Gasteiger partial charge in [-0.3, -0.25) is 4.18 Å². The number of benzene rings is 3. The minimum atomic E-state index is -4.32. The van der Waals surface area contributed by atoms with E-state index in [4.69, 9.17) is 8.37 Å². The van der Waals surface area contributed by atoms with Crippen molar-refractivity contribution in [1.82, 2.24) is 0 Å². The van der Waals surface area contributed by atoms with E-state index in [0.29, 0.717) is 20.4 Å². The quantitative estimate of drug-likeness (QED) is 0.260. The molecule has 8 heteroatoms. The molecule has 0 bridgehead atoms. The van der Waals surface area contributed by atoms with Crippen molar-refractivity contribution in [2.45, 2.75) is 21.6 Å². The molecule has 31 heavy (non-hydrogen) atoms. The summed E-state index contributed by atoms with van der Waals surface area (Å²) < 4.78 is 40.8. The summed E-state index contributed by atoms with van der Waals surface area (Å²) in [5, 5.41) is 0. The fraction of sp³-hybridized carbons (Fsp3) is 0.0870. The van der Waals surface area contributed by atoms with Gasteiger partial charge in [0.05, 0.1) is 7.11 Å². The van der Waals surface area contributed by atoms with Crippen LogP contribution in [0.15, 0.2) is 112 Å². The van der Waals surface area contributed by atoms with E-state index in [1.165, 1.54) is 0 Å². The lowest BCUT2D eigenvalue weighted by molar-refractivity contribution is -0.130. The second-order valence-corrected chi connectivity index (χ2v) is 10.7. The van der Waals surface area contributed by atoms with Crippen molar-refractivity contribution < 1.29 is 25.8 Å². The van der Waals surface area contributed by atoms with Gasteiger partial charge in [0, 0.05) is 20.3 Å². The zero-order valence-corrected chi connectivity index (χ0v) is 18.7.